The highest BCUT2D eigenvalue weighted by Gasteiger charge is 2.14. The highest BCUT2D eigenvalue weighted by molar-refractivity contribution is 8.12. The molecule has 0 radical (unpaired) electrons. The Kier molecular flexibility index (Phi) is 6.52. The molecule has 0 bridgehead atoms. The second-order valence-electron chi connectivity index (χ2n) is 3.28. The molecule has 0 unspecified atom stereocenters. The van der Waals surface area contributed by atoms with Gasteiger partial charge in [0, 0.05) is 5.56 Å². The van der Waals surface area contributed by atoms with Gasteiger partial charge in [-0.15, -0.1) is 0 Å². The Bertz CT molecular complexity index is 455. The third kappa shape index (κ3) is 4.67. The van der Waals surface area contributed by atoms with Crippen LogP contribution in [0, 0.1) is 0 Å². The van der Waals surface area contributed by atoms with Crippen LogP contribution in [-0.4, -0.2) is 31.7 Å². The molecule has 0 spiro atoms. The van der Waals surface area contributed by atoms with Crippen LogP contribution < -0.4 is 0 Å². The zero-order valence-electron chi connectivity index (χ0n) is 10.6. The fourth-order valence-electron chi connectivity index (χ4n) is 1.33. The number of carbonyl (C=O) groups is 2. The maximum Gasteiger partial charge on any atom is 0.367 e. The Morgan fingerprint density at radius 2 is 2.00 bits per heavy atom. The fourth-order valence-corrected chi connectivity index (χ4v) is 1.51. The first-order valence-corrected chi connectivity index (χ1v) is 6.59. The molecule has 0 N–H and O–H groups in total. The lowest BCUT2D eigenvalue weighted by Crippen LogP contribution is -2.07. The Morgan fingerprint density at radius 3 is 2.53 bits per heavy atom. The van der Waals surface area contributed by atoms with E-state index in [2.05, 4.69) is 0 Å². The molecule has 1 rings (SSSR count). The first-order chi connectivity index (χ1) is 9.22. The van der Waals surface area contributed by atoms with Gasteiger partial charge in [0.15, 0.2) is 18.1 Å². The quantitative estimate of drug-likeness (QED) is 0.454. The number of benzene rings is 1. The molecule has 1 aromatic carbocycles. The number of rotatable bonds is 6. The lowest BCUT2D eigenvalue weighted by molar-refractivity contribution is -0.122. The Morgan fingerprint density at radius 1 is 1.32 bits per heavy atom. The third-order valence-electron chi connectivity index (χ3n) is 2.19. The zero-order valence-corrected chi connectivity index (χ0v) is 11.4. The third-order valence-corrected chi connectivity index (χ3v) is 2.64. The van der Waals surface area contributed by atoms with E-state index >= 15 is 0 Å². The molecule has 0 amide bonds. The first-order valence-electron chi connectivity index (χ1n) is 5.36. The van der Waals surface area contributed by atoms with Crippen LogP contribution >= 0.6 is 11.8 Å². The summed E-state index contributed by atoms with van der Waals surface area (Å²) < 4.78 is 15.0. The van der Waals surface area contributed by atoms with Crippen molar-refractivity contribution in [3.8, 4) is 0 Å². The molecule has 1 aromatic rings. The van der Waals surface area contributed by atoms with Gasteiger partial charge in [-0.3, -0.25) is 4.79 Å². The average Bonchev–Trinajstić information content (AvgIpc) is 2.47. The average molecular weight is 282 g/mol. The van der Waals surface area contributed by atoms with Crippen LogP contribution in [0.25, 0.3) is 5.76 Å². The molecule has 0 saturated carbocycles. The number of methoxy groups -OCH3 is 1. The summed E-state index contributed by atoms with van der Waals surface area (Å²) in [6.07, 6.45) is 1.61. The predicted octanol–water partition coefficient (Wildman–Crippen LogP) is 2.67. The summed E-state index contributed by atoms with van der Waals surface area (Å²) in [7, 11) is 1.42. The minimum absolute atomic E-state index is 0.103. The van der Waals surface area contributed by atoms with E-state index in [0.29, 0.717) is 12.0 Å². The molecule has 0 fully saturated rings. The van der Waals surface area contributed by atoms with Gasteiger partial charge >= 0.3 is 5.30 Å². The van der Waals surface area contributed by atoms with E-state index in [4.69, 9.17) is 14.2 Å². The van der Waals surface area contributed by atoms with Crippen molar-refractivity contribution in [1.29, 1.82) is 0 Å². The second-order valence-corrected chi connectivity index (χ2v) is 4.02. The van der Waals surface area contributed by atoms with E-state index in [1.54, 1.807) is 30.5 Å². The van der Waals surface area contributed by atoms with E-state index in [1.165, 1.54) is 7.11 Å². The lowest BCUT2D eigenvalue weighted by atomic mass is 10.1. The summed E-state index contributed by atoms with van der Waals surface area (Å²) in [5, 5.41) is -0.437. The van der Waals surface area contributed by atoms with E-state index < -0.39 is 5.30 Å². The molecule has 0 aliphatic carbocycles. The zero-order chi connectivity index (χ0) is 14.1. The van der Waals surface area contributed by atoms with Crippen molar-refractivity contribution < 1.29 is 23.8 Å². The maximum atomic E-state index is 11.1. The van der Waals surface area contributed by atoms with Crippen LogP contribution in [0.2, 0.25) is 0 Å². The molecule has 5 nitrogen and oxygen atoms in total. The van der Waals surface area contributed by atoms with Crippen molar-refractivity contribution in [2.45, 2.75) is 0 Å². The minimum Gasteiger partial charge on any atom is -0.494 e. The number of hydrogen-bond donors (Lipinski definition) is 0. The molecule has 0 aromatic heterocycles. The van der Waals surface area contributed by atoms with Crippen LogP contribution in [0.3, 0.4) is 0 Å². The summed E-state index contributed by atoms with van der Waals surface area (Å²) in [5.74, 6) is 0.493. The molecule has 0 atom stereocenters. The standard InChI is InChI=1S/C13H14O5S/c1-16-11(8-17-13(15)19-2)12(18-9-14)10-6-4-3-5-7-10/h3-7,9H,8H2,1-2H3/b12-11-. The van der Waals surface area contributed by atoms with Gasteiger partial charge < -0.3 is 14.2 Å². The Balaban J connectivity index is 2.99. The summed E-state index contributed by atoms with van der Waals surface area (Å²) in [6.45, 7) is 0.200. The molecule has 0 saturated heterocycles. The van der Waals surface area contributed by atoms with E-state index in [1.807, 2.05) is 6.07 Å². The maximum absolute atomic E-state index is 11.1. The number of hydrogen-bond acceptors (Lipinski definition) is 6. The van der Waals surface area contributed by atoms with Gasteiger partial charge in [-0.2, -0.15) is 0 Å². The first kappa shape index (κ1) is 15.1. The topological polar surface area (TPSA) is 61.8 Å². The van der Waals surface area contributed by atoms with Crippen LogP contribution in [0.1, 0.15) is 5.56 Å². The summed E-state index contributed by atoms with van der Waals surface area (Å²) in [4.78, 5) is 21.7. The van der Waals surface area contributed by atoms with Gasteiger partial charge in [0.05, 0.1) is 7.11 Å². The number of thioether (sulfide) groups is 1. The van der Waals surface area contributed by atoms with Gasteiger partial charge in [0.25, 0.3) is 6.47 Å². The number of carbonyl (C=O) groups excluding carboxylic acids is 2. The van der Waals surface area contributed by atoms with Crippen LogP contribution in [0.15, 0.2) is 36.1 Å². The summed E-state index contributed by atoms with van der Waals surface area (Å²) in [6, 6.07) is 8.94. The molecule has 0 aliphatic heterocycles. The van der Waals surface area contributed by atoms with Crippen molar-refractivity contribution in [3.63, 3.8) is 0 Å². The lowest BCUT2D eigenvalue weighted by Gasteiger charge is -2.12. The SMILES string of the molecule is CO/C(COC(=O)SC)=C(\OC=O)c1ccccc1. The molecular weight excluding hydrogens is 268 g/mol. The van der Waals surface area contributed by atoms with Crippen LogP contribution in [0.4, 0.5) is 4.79 Å². The highest BCUT2D eigenvalue weighted by Crippen LogP contribution is 2.20. The smallest absolute Gasteiger partial charge is 0.367 e. The van der Waals surface area contributed by atoms with Gasteiger partial charge in [0.2, 0.25) is 0 Å². The van der Waals surface area contributed by atoms with Crippen molar-refractivity contribution in [2.24, 2.45) is 0 Å². The molecule has 19 heavy (non-hydrogen) atoms. The van der Waals surface area contributed by atoms with Crippen molar-refractivity contribution in [3.05, 3.63) is 41.7 Å². The Labute approximate surface area is 115 Å². The van der Waals surface area contributed by atoms with E-state index in [0.717, 1.165) is 11.8 Å². The normalized spacial score (nSPS) is 11.3. The second kappa shape index (κ2) is 8.20. The van der Waals surface area contributed by atoms with Gasteiger partial charge in [0.1, 0.15) is 0 Å². The molecule has 0 heterocycles. The molecule has 102 valence electrons. The van der Waals surface area contributed by atoms with Crippen LogP contribution in [-0.2, 0) is 19.0 Å². The number of ether oxygens (including phenoxy) is 3. The highest BCUT2D eigenvalue weighted by atomic mass is 32.2. The predicted molar refractivity (Wildman–Crippen MR) is 72.4 cm³/mol. The molecule has 0 aliphatic rings. The van der Waals surface area contributed by atoms with Crippen molar-refractivity contribution in [1.82, 2.24) is 0 Å². The van der Waals surface area contributed by atoms with Crippen LogP contribution in [0.5, 0.6) is 0 Å². The van der Waals surface area contributed by atoms with E-state index in [9.17, 15) is 9.59 Å². The summed E-state index contributed by atoms with van der Waals surface area (Å²) in [5.41, 5.74) is 0.659. The molecular formula is C13H14O5S. The fraction of sp³-hybridized carbons (Fsp3) is 0.231. The van der Waals surface area contributed by atoms with Crippen molar-refractivity contribution in [2.75, 3.05) is 20.0 Å². The van der Waals surface area contributed by atoms with Gasteiger partial charge in [-0.25, -0.2) is 4.79 Å². The molecule has 6 heteroatoms. The van der Waals surface area contributed by atoms with Crippen molar-refractivity contribution >= 4 is 29.3 Å². The minimum atomic E-state index is -0.437. The van der Waals surface area contributed by atoms with E-state index in [-0.39, 0.29) is 18.1 Å². The summed E-state index contributed by atoms with van der Waals surface area (Å²) >= 11 is 0.949. The monoisotopic (exact) mass is 282 g/mol. The Hall–Kier alpha value is -1.95. The van der Waals surface area contributed by atoms with Gasteiger partial charge in [-0.1, -0.05) is 30.3 Å². The van der Waals surface area contributed by atoms with Gasteiger partial charge in [-0.05, 0) is 18.0 Å². The largest absolute Gasteiger partial charge is 0.494 e.